The molecule has 0 radical (unpaired) electrons. The van der Waals surface area contributed by atoms with Crippen LogP contribution in [0.4, 0.5) is 10.1 Å². The summed E-state index contributed by atoms with van der Waals surface area (Å²) in [6.45, 7) is 4.34. The van der Waals surface area contributed by atoms with Gasteiger partial charge in [0.1, 0.15) is 5.82 Å². The van der Waals surface area contributed by atoms with Gasteiger partial charge in [-0.1, -0.05) is 29.8 Å². The number of carbonyl (C=O) groups is 1. The van der Waals surface area contributed by atoms with Gasteiger partial charge in [0.25, 0.3) is 5.91 Å². The van der Waals surface area contributed by atoms with Gasteiger partial charge in [-0.25, -0.2) is 4.39 Å². The molecule has 0 aromatic heterocycles. The van der Waals surface area contributed by atoms with Crippen molar-refractivity contribution in [3.8, 4) is 11.5 Å². The second-order valence-corrected chi connectivity index (χ2v) is 8.72. The molecule has 3 aromatic rings. The lowest BCUT2D eigenvalue weighted by atomic mass is 9.99. The first-order chi connectivity index (χ1) is 16.5. The molecular weight excluding hydrogens is 431 g/mol. The van der Waals surface area contributed by atoms with Crippen LogP contribution in [0.5, 0.6) is 11.5 Å². The number of amides is 1. The van der Waals surface area contributed by atoms with E-state index in [1.54, 1.807) is 26.4 Å². The Balaban J connectivity index is 1.58. The predicted octanol–water partition coefficient (Wildman–Crippen LogP) is 5.46. The number of carbonyl (C=O) groups excluding carboxylic acids is 1. The molecule has 5 nitrogen and oxygen atoms in total. The molecule has 1 heterocycles. The summed E-state index contributed by atoms with van der Waals surface area (Å²) in [7, 11) is 3.20. The molecule has 1 aliphatic rings. The third kappa shape index (κ3) is 5.39. The van der Waals surface area contributed by atoms with Crippen molar-refractivity contribution >= 4 is 11.6 Å². The van der Waals surface area contributed by atoms with E-state index in [9.17, 15) is 9.18 Å². The number of rotatable bonds is 7. The van der Waals surface area contributed by atoms with Crippen molar-refractivity contribution in [3.05, 3.63) is 89.2 Å². The van der Waals surface area contributed by atoms with E-state index in [2.05, 4.69) is 4.90 Å². The fraction of sp³-hybridized carbons (Fsp3) is 0.321. The van der Waals surface area contributed by atoms with E-state index in [1.165, 1.54) is 6.07 Å². The van der Waals surface area contributed by atoms with Crippen molar-refractivity contribution < 1.29 is 18.7 Å². The lowest BCUT2D eigenvalue weighted by molar-refractivity contribution is 0.0958. The van der Waals surface area contributed by atoms with Crippen molar-refractivity contribution in [2.45, 2.75) is 32.4 Å². The summed E-state index contributed by atoms with van der Waals surface area (Å²) < 4.78 is 24.5. The highest BCUT2D eigenvalue weighted by Gasteiger charge is 2.30. The van der Waals surface area contributed by atoms with Crippen LogP contribution in [-0.2, 0) is 6.54 Å². The van der Waals surface area contributed by atoms with Crippen LogP contribution >= 0.6 is 0 Å². The second kappa shape index (κ2) is 10.7. The molecular formula is C28H31FN2O3. The highest BCUT2D eigenvalue weighted by Crippen LogP contribution is 2.34. The van der Waals surface area contributed by atoms with Gasteiger partial charge in [0.15, 0.2) is 11.5 Å². The Hall–Kier alpha value is -3.38. The number of hydrogen-bond acceptors (Lipinski definition) is 4. The van der Waals surface area contributed by atoms with Crippen molar-refractivity contribution in [2.75, 3.05) is 32.2 Å². The zero-order valence-electron chi connectivity index (χ0n) is 20.0. The topological polar surface area (TPSA) is 42.0 Å². The van der Waals surface area contributed by atoms with E-state index >= 15 is 0 Å². The maximum absolute atomic E-state index is 13.8. The monoisotopic (exact) mass is 462 g/mol. The zero-order valence-corrected chi connectivity index (χ0v) is 20.0. The minimum absolute atomic E-state index is 0.0282. The molecule has 1 amide bonds. The standard InChI is InChI=1S/C28H31FN2O3/c1-20-6-4-8-22(16-20)28(32)31(25-10-11-26(33-2)27(18-25)34-3)24-12-14-30(15-13-24)19-21-7-5-9-23(29)17-21/h4-11,16-18,24H,12-15,19H2,1-3H3. The molecule has 34 heavy (non-hydrogen) atoms. The van der Waals surface area contributed by atoms with Gasteiger partial charge >= 0.3 is 0 Å². The first kappa shape index (κ1) is 23.8. The third-order valence-corrected chi connectivity index (χ3v) is 6.35. The van der Waals surface area contributed by atoms with E-state index in [1.807, 2.05) is 60.4 Å². The maximum atomic E-state index is 13.8. The first-order valence-electron chi connectivity index (χ1n) is 11.6. The first-order valence-corrected chi connectivity index (χ1v) is 11.6. The van der Waals surface area contributed by atoms with Gasteiger partial charge in [-0.05, 0) is 61.7 Å². The normalized spacial score (nSPS) is 14.6. The average Bonchev–Trinajstić information content (AvgIpc) is 2.85. The van der Waals surface area contributed by atoms with E-state index in [-0.39, 0.29) is 17.8 Å². The Morgan fingerprint density at radius 3 is 2.38 bits per heavy atom. The van der Waals surface area contributed by atoms with Crippen LogP contribution in [0.25, 0.3) is 0 Å². The quantitative estimate of drug-likeness (QED) is 0.467. The number of benzene rings is 3. The number of likely N-dealkylation sites (tertiary alicyclic amines) is 1. The Labute approximate surface area is 200 Å². The molecule has 178 valence electrons. The van der Waals surface area contributed by atoms with Crippen LogP contribution in [-0.4, -0.2) is 44.2 Å². The number of halogens is 1. The molecule has 1 fully saturated rings. The SMILES string of the molecule is COc1ccc(N(C(=O)c2cccc(C)c2)C2CCN(Cc3cccc(F)c3)CC2)cc1OC. The van der Waals surface area contributed by atoms with E-state index in [0.29, 0.717) is 23.6 Å². The van der Waals surface area contributed by atoms with Crippen molar-refractivity contribution in [3.63, 3.8) is 0 Å². The minimum atomic E-state index is -0.212. The van der Waals surface area contributed by atoms with Gasteiger partial charge in [0.05, 0.1) is 14.2 Å². The molecule has 0 unspecified atom stereocenters. The van der Waals surface area contributed by atoms with Gasteiger partial charge in [0.2, 0.25) is 0 Å². The molecule has 0 atom stereocenters. The molecule has 6 heteroatoms. The summed E-state index contributed by atoms with van der Waals surface area (Å²) in [5.74, 6) is 0.972. The number of aryl methyl sites for hydroxylation is 1. The Bertz CT molecular complexity index is 1140. The second-order valence-electron chi connectivity index (χ2n) is 8.72. The number of methoxy groups -OCH3 is 2. The number of ether oxygens (including phenoxy) is 2. The van der Waals surface area contributed by atoms with Crippen molar-refractivity contribution in [2.24, 2.45) is 0 Å². The number of nitrogens with zero attached hydrogens (tertiary/aromatic N) is 2. The highest BCUT2D eigenvalue weighted by molar-refractivity contribution is 6.06. The summed E-state index contributed by atoms with van der Waals surface area (Å²) in [6.07, 6.45) is 1.64. The van der Waals surface area contributed by atoms with Crippen LogP contribution in [0, 0.1) is 12.7 Å². The number of piperidine rings is 1. The largest absolute Gasteiger partial charge is 0.493 e. The Morgan fingerprint density at radius 2 is 1.71 bits per heavy atom. The van der Waals surface area contributed by atoms with Crippen LogP contribution in [0.2, 0.25) is 0 Å². The molecule has 0 bridgehead atoms. The van der Waals surface area contributed by atoms with Gasteiger partial charge in [-0.2, -0.15) is 0 Å². The van der Waals surface area contributed by atoms with Crippen molar-refractivity contribution in [1.82, 2.24) is 4.90 Å². The Morgan fingerprint density at radius 1 is 0.971 bits per heavy atom. The Kier molecular flexibility index (Phi) is 7.48. The van der Waals surface area contributed by atoms with Crippen LogP contribution < -0.4 is 14.4 Å². The summed E-state index contributed by atoms with van der Waals surface area (Å²) in [5.41, 5.74) is 3.46. The summed E-state index contributed by atoms with van der Waals surface area (Å²) in [5, 5.41) is 0. The summed E-state index contributed by atoms with van der Waals surface area (Å²) in [4.78, 5) is 18.0. The average molecular weight is 463 g/mol. The minimum Gasteiger partial charge on any atom is -0.493 e. The zero-order chi connectivity index (χ0) is 24.1. The van der Waals surface area contributed by atoms with Gasteiger partial charge < -0.3 is 14.4 Å². The molecule has 0 saturated carbocycles. The summed E-state index contributed by atoms with van der Waals surface area (Å²) >= 11 is 0. The lowest BCUT2D eigenvalue weighted by Gasteiger charge is -2.39. The van der Waals surface area contributed by atoms with Gasteiger partial charge in [-0.3, -0.25) is 9.69 Å². The van der Waals surface area contributed by atoms with Crippen molar-refractivity contribution in [1.29, 1.82) is 0 Å². The predicted molar refractivity (Wildman–Crippen MR) is 132 cm³/mol. The molecule has 0 N–H and O–H groups in total. The number of anilines is 1. The summed E-state index contributed by atoms with van der Waals surface area (Å²) in [6, 6.07) is 20.1. The van der Waals surface area contributed by atoms with Crippen LogP contribution in [0.3, 0.4) is 0 Å². The molecule has 4 rings (SSSR count). The van der Waals surface area contributed by atoms with E-state index < -0.39 is 0 Å². The van der Waals surface area contributed by atoms with E-state index in [4.69, 9.17) is 9.47 Å². The van der Waals surface area contributed by atoms with Crippen LogP contribution in [0.1, 0.15) is 34.3 Å². The van der Waals surface area contributed by atoms with E-state index in [0.717, 1.165) is 42.7 Å². The maximum Gasteiger partial charge on any atom is 0.258 e. The molecule has 1 saturated heterocycles. The fourth-order valence-electron chi connectivity index (χ4n) is 4.61. The third-order valence-electron chi connectivity index (χ3n) is 6.35. The molecule has 0 spiro atoms. The van der Waals surface area contributed by atoms with Gasteiger partial charge in [0, 0.05) is 43.0 Å². The smallest absolute Gasteiger partial charge is 0.258 e. The van der Waals surface area contributed by atoms with Crippen LogP contribution in [0.15, 0.2) is 66.7 Å². The lowest BCUT2D eigenvalue weighted by Crippen LogP contribution is -2.47. The molecule has 1 aliphatic heterocycles. The van der Waals surface area contributed by atoms with Gasteiger partial charge in [-0.15, -0.1) is 0 Å². The fourth-order valence-corrected chi connectivity index (χ4v) is 4.61. The highest BCUT2D eigenvalue weighted by atomic mass is 19.1. The molecule has 3 aromatic carbocycles. The number of hydrogen-bond donors (Lipinski definition) is 0. The molecule has 0 aliphatic carbocycles.